The second-order valence-electron chi connectivity index (χ2n) is 6.15. The van der Waals surface area contributed by atoms with E-state index in [0.717, 1.165) is 19.4 Å². The molecule has 6 nitrogen and oxygen atoms in total. The maximum atomic E-state index is 12.4. The van der Waals surface area contributed by atoms with Crippen LogP contribution in [0.2, 0.25) is 0 Å². The first kappa shape index (κ1) is 14.0. The lowest BCUT2D eigenvalue weighted by atomic mass is 9.88. The lowest BCUT2D eigenvalue weighted by Gasteiger charge is -2.31. The van der Waals surface area contributed by atoms with Crippen molar-refractivity contribution in [3.63, 3.8) is 0 Å². The maximum absolute atomic E-state index is 12.4. The molecule has 3 atom stereocenters. The largest absolute Gasteiger partial charge is 0.345 e. The summed E-state index contributed by atoms with van der Waals surface area (Å²) in [4.78, 5) is 27.8. The van der Waals surface area contributed by atoms with Crippen molar-refractivity contribution in [2.45, 2.75) is 25.3 Å². The number of rotatable bonds is 2. The number of carbonyl (C=O) groups is 2. The van der Waals surface area contributed by atoms with Gasteiger partial charge < -0.3 is 9.80 Å². The Morgan fingerprint density at radius 2 is 2.14 bits per heavy atom. The van der Waals surface area contributed by atoms with Crippen molar-refractivity contribution in [1.29, 1.82) is 0 Å². The molecule has 0 radical (unpaired) electrons. The molecule has 0 spiro atoms. The summed E-state index contributed by atoms with van der Waals surface area (Å²) in [6, 6.07) is 3.59. The highest BCUT2D eigenvalue weighted by atomic mass is 16.2. The predicted octanol–water partition coefficient (Wildman–Crippen LogP) is 0.805. The van der Waals surface area contributed by atoms with E-state index >= 15 is 0 Å². The Morgan fingerprint density at radius 3 is 2.86 bits per heavy atom. The van der Waals surface area contributed by atoms with Crippen LogP contribution in [0.4, 0.5) is 0 Å². The van der Waals surface area contributed by atoms with Gasteiger partial charge in [0.05, 0.1) is 0 Å². The van der Waals surface area contributed by atoms with Gasteiger partial charge in [-0.3, -0.25) is 9.59 Å². The number of nitrogens with zero attached hydrogens (tertiary/aromatic N) is 4. The minimum atomic E-state index is -0.0913. The summed E-state index contributed by atoms with van der Waals surface area (Å²) >= 11 is 0. The predicted molar refractivity (Wildman–Crippen MR) is 76.4 cm³/mol. The molecule has 1 saturated heterocycles. The molecule has 1 aliphatic carbocycles. The second kappa shape index (κ2) is 5.42. The Kier molecular flexibility index (Phi) is 3.61. The highest BCUT2D eigenvalue weighted by Crippen LogP contribution is 2.40. The van der Waals surface area contributed by atoms with Gasteiger partial charge >= 0.3 is 0 Å². The maximum Gasteiger partial charge on any atom is 0.274 e. The third kappa shape index (κ3) is 2.62. The summed E-state index contributed by atoms with van der Waals surface area (Å²) in [7, 11) is 3.69. The minimum absolute atomic E-state index is 0.0913. The molecule has 0 unspecified atom stereocenters. The lowest BCUT2D eigenvalue weighted by Crippen LogP contribution is -2.40. The first-order chi connectivity index (χ1) is 10.1. The number of amides is 2. The summed E-state index contributed by atoms with van der Waals surface area (Å²) in [6.07, 6.45) is 4.05. The highest BCUT2D eigenvalue weighted by Gasteiger charge is 2.42. The molecular formula is C15H20N4O2. The van der Waals surface area contributed by atoms with E-state index in [1.165, 1.54) is 0 Å². The molecule has 0 N–H and O–H groups in total. The molecule has 2 amide bonds. The first-order valence-electron chi connectivity index (χ1n) is 7.35. The van der Waals surface area contributed by atoms with Crippen LogP contribution in [0.5, 0.6) is 0 Å². The van der Waals surface area contributed by atoms with Crippen LogP contribution in [-0.4, -0.2) is 58.5 Å². The third-order valence-corrected chi connectivity index (χ3v) is 4.85. The zero-order chi connectivity index (χ0) is 15.0. The van der Waals surface area contributed by atoms with Crippen molar-refractivity contribution in [2.75, 3.05) is 20.6 Å². The zero-order valence-electron chi connectivity index (χ0n) is 12.4. The summed E-state index contributed by atoms with van der Waals surface area (Å²) < 4.78 is 0. The molecule has 6 heteroatoms. The topological polar surface area (TPSA) is 66.4 Å². The number of aromatic nitrogens is 2. The molecule has 1 saturated carbocycles. The van der Waals surface area contributed by atoms with Crippen molar-refractivity contribution < 1.29 is 9.59 Å². The smallest absolute Gasteiger partial charge is 0.274 e. The van der Waals surface area contributed by atoms with Crippen molar-refractivity contribution >= 4 is 11.8 Å². The second-order valence-corrected chi connectivity index (χ2v) is 6.15. The average Bonchev–Trinajstić information content (AvgIpc) is 2.90. The Hall–Kier alpha value is -1.98. The third-order valence-electron chi connectivity index (χ3n) is 4.85. The Morgan fingerprint density at radius 1 is 1.38 bits per heavy atom. The van der Waals surface area contributed by atoms with Crippen LogP contribution in [0.25, 0.3) is 0 Å². The Bertz CT molecular complexity index is 548. The van der Waals surface area contributed by atoms with E-state index in [9.17, 15) is 9.59 Å². The van der Waals surface area contributed by atoms with Gasteiger partial charge in [-0.15, -0.1) is 5.10 Å². The minimum Gasteiger partial charge on any atom is -0.345 e. The van der Waals surface area contributed by atoms with Gasteiger partial charge in [-0.25, -0.2) is 0 Å². The van der Waals surface area contributed by atoms with Gasteiger partial charge in [0, 0.05) is 39.3 Å². The standard InChI is InChI=1S/C15H20N4O2/c1-18-9-11-7-12(6-10(11)8-14(18)20)19(2)15(21)13-4-3-5-16-17-13/h3-5,10-12H,6-9H2,1-2H3/t10-,11+,12-/m0/s1. The highest BCUT2D eigenvalue weighted by molar-refractivity contribution is 5.92. The quantitative estimate of drug-likeness (QED) is 0.807. The Labute approximate surface area is 124 Å². The van der Waals surface area contributed by atoms with Crippen molar-refractivity contribution in [3.8, 4) is 0 Å². The van der Waals surface area contributed by atoms with E-state index < -0.39 is 0 Å². The van der Waals surface area contributed by atoms with E-state index in [2.05, 4.69) is 10.2 Å². The van der Waals surface area contributed by atoms with Crippen LogP contribution in [0, 0.1) is 11.8 Å². The summed E-state index contributed by atoms with van der Waals surface area (Å²) in [6.45, 7) is 0.813. The number of piperidine rings is 1. The van der Waals surface area contributed by atoms with Crippen LogP contribution in [0.3, 0.4) is 0 Å². The fraction of sp³-hybridized carbons (Fsp3) is 0.600. The fourth-order valence-electron chi connectivity index (χ4n) is 3.57. The van der Waals surface area contributed by atoms with Crippen LogP contribution in [0.1, 0.15) is 29.8 Å². The zero-order valence-corrected chi connectivity index (χ0v) is 12.4. The van der Waals surface area contributed by atoms with Crippen LogP contribution >= 0.6 is 0 Å². The number of hydrogen-bond donors (Lipinski definition) is 0. The molecule has 0 bridgehead atoms. The molecule has 21 heavy (non-hydrogen) atoms. The van der Waals surface area contributed by atoms with E-state index in [1.807, 2.05) is 19.0 Å². The number of likely N-dealkylation sites (tertiary alicyclic amines) is 1. The van der Waals surface area contributed by atoms with Crippen molar-refractivity contribution in [1.82, 2.24) is 20.0 Å². The SMILES string of the molecule is CN1C[C@H]2C[C@@H](N(C)C(=O)c3cccnn3)C[C@H]2CC1=O. The monoisotopic (exact) mass is 288 g/mol. The van der Waals surface area contributed by atoms with Gasteiger partial charge in [0.15, 0.2) is 5.69 Å². The summed E-state index contributed by atoms with van der Waals surface area (Å²) in [5, 5.41) is 7.64. The average molecular weight is 288 g/mol. The molecule has 2 aliphatic rings. The van der Waals surface area contributed by atoms with Gasteiger partial charge in [-0.2, -0.15) is 5.10 Å². The van der Waals surface area contributed by atoms with Gasteiger partial charge in [0.2, 0.25) is 5.91 Å². The van der Waals surface area contributed by atoms with Crippen molar-refractivity contribution in [3.05, 3.63) is 24.0 Å². The van der Waals surface area contributed by atoms with Gasteiger partial charge in [-0.1, -0.05) is 0 Å². The van der Waals surface area contributed by atoms with E-state index in [1.54, 1.807) is 23.2 Å². The molecule has 2 fully saturated rings. The molecular weight excluding hydrogens is 268 g/mol. The van der Waals surface area contributed by atoms with E-state index in [4.69, 9.17) is 0 Å². The molecule has 112 valence electrons. The first-order valence-corrected chi connectivity index (χ1v) is 7.35. The molecule has 1 aromatic rings. The Balaban J connectivity index is 1.68. The molecule has 0 aromatic carbocycles. The molecule has 2 heterocycles. The van der Waals surface area contributed by atoms with E-state index in [-0.39, 0.29) is 17.9 Å². The summed E-state index contributed by atoms with van der Waals surface area (Å²) in [5.41, 5.74) is 0.378. The molecule has 3 rings (SSSR count). The van der Waals surface area contributed by atoms with Gasteiger partial charge in [0.25, 0.3) is 5.91 Å². The van der Waals surface area contributed by atoms with E-state index in [0.29, 0.717) is 24.0 Å². The molecule has 1 aromatic heterocycles. The van der Waals surface area contributed by atoms with Gasteiger partial charge in [-0.05, 0) is 36.8 Å². The fourth-order valence-corrected chi connectivity index (χ4v) is 3.57. The van der Waals surface area contributed by atoms with Crippen LogP contribution in [-0.2, 0) is 4.79 Å². The normalized spacial score (nSPS) is 28.4. The van der Waals surface area contributed by atoms with Crippen LogP contribution < -0.4 is 0 Å². The number of fused-ring (bicyclic) bond motifs is 1. The van der Waals surface area contributed by atoms with Gasteiger partial charge in [0.1, 0.15) is 0 Å². The van der Waals surface area contributed by atoms with Crippen LogP contribution in [0.15, 0.2) is 18.3 Å². The number of hydrogen-bond acceptors (Lipinski definition) is 4. The van der Waals surface area contributed by atoms with Crippen molar-refractivity contribution in [2.24, 2.45) is 11.8 Å². The number of carbonyl (C=O) groups excluding carboxylic acids is 2. The molecule has 1 aliphatic heterocycles. The summed E-state index contributed by atoms with van der Waals surface area (Å²) in [5.74, 6) is 1.05. The lowest BCUT2D eigenvalue weighted by molar-refractivity contribution is -0.134.